The van der Waals surface area contributed by atoms with Crippen LogP contribution in [0.25, 0.3) is 28.0 Å². The van der Waals surface area contributed by atoms with Gasteiger partial charge in [-0.3, -0.25) is 4.79 Å². The van der Waals surface area contributed by atoms with E-state index >= 15 is 0 Å². The molecule has 0 saturated heterocycles. The molecule has 0 spiro atoms. The third-order valence-corrected chi connectivity index (χ3v) is 4.63. The van der Waals surface area contributed by atoms with Crippen molar-refractivity contribution in [2.45, 2.75) is 0 Å². The molecule has 3 heterocycles. The molecule has 0 aliphatic carbocycles. The molecule has 0 unspecified atom stereocenters. The average Bonchev–Trinajstić information content (AvgIpc) is 3.15. The summed E-state index contributed by atoms with van der Waals surface area (Å²) in [5.74, 6) is 0.662. The molecule has 0 atom stereocenters. The van der Waals surface area contributed by atoms with Gasteiger partial charge in [0.05, 0.1) is 17.2 Å². The van der Waals surface area contributed by atoms with E-state index in [-0.39, 0.29) is 16.7 Å². The number of para-hydroxylation sites is 2. The molecule has 0 aliphatic rings. The van der Waals surface area contributed by atoms with Gasteiger partial charge in [-0.05, 0) is 30.3 Å². The van der Waals surface area contributed by atoms with Crippen LogP contribution < -0.4 is 15.9 Å². The van der Waals surface area contributed by atoms with Gasteiger partial charge in [0.15, 0.2) is 10.8 Å². The normalized spacial score (nSPS) is 11.2. The number of hydrogen-bond donors (Lipinski definition) is 1. The van der Waals surface area contributed by atoms with Crippen molar-refractivity contribution < 1.29 is 9.15 Å². The van der Waals surface area contributed by atoms with Crippen molar-refractivity contribution in [1.29, 1.82) is 0 Å². The minimum Gasteiger partial charge on any atom is -0.454 e. The lowest BCUT2D eigenvalue weighted by Gasteiger charge is -2.08. The number of ether oxygens (including phenoxy) is 1. The number of fused-ring (bicyclic) bond motifs is 2. The molecule has 0 aliphatic heterocycles. The average molecular weight is 407 g/mol. The van der Waals surface area contributed by atoms with Crippen molar-refractivity contribution in [2.24, 2.45) is 0 Å². The molecule has 0 bridgehead atoms. The van der Waals surface area contributed by atoms with Crippen LogP contribution in [-0.4, -0.2) is 19.7 Å². The highest BCUT2D eigenvalue weighted by Crippen LogP contribution is 2.28. The molecule has 5 aromatic rings. The molecule has 9 heteroatoms. The molecule has 2 aromatic carbocycles. The summed E-state index contributed by atoms with van der Waals surface area (Å²) < 4.78 is 11.9. The summed E-state index contributed by atoms with van der Waals surface area (Å²) in [4.78, 5) is 31.4. The second-order valence-corrected chi connectivity index (χ2v) is 6.55. The molecule has 0 fully saturated rings. The Morgan fingerprint density at radius 2 is 1.90 bits per heavy atom. The van der Waals surface area contributed by atoms with Gasteiger partial charge in [0, 0.05) is 17.5 Å². The fraction of sp³-hybridized carbons (Fsp3) is 0. The Hall–Kier alpha value is -3.91. The van der Waals surface area contributed by atoms with Crippen molar-refractivity contribution in [2.75, 3.05) is 0 Å². The lowest BCUT2D eigenvalue weighted by atomic mass is 10.2. The lowest BCUT2D eigenvalue weighted by molar-refractivity contribution is 0.473. The van der Waals surface area contributed by atoms with Gasteiger partial charge < -0.3 is 14.1 Å². The van der Waals surface area contributed by atoms with Crippen LogP contribution in [0.15, 0.2) is 74.8 Å². The highest BCUT2D eigenvalue weighted by atomic mass is 35.5. The molecule has 8 nitrogen and oxygen atoms in total. The number of imidazole rings is 1. The fourth-order valence-electron chi connectivity index (χ4n) is 2.91. The van der Waals surface area contributed by atoms with Crippen molar-refractivity contribution >= 4 is 33.6 Å². The Labute approximate surface area is 167 Å². The Morgan fingerprint density at radius 1 is 1.07 bits per heavy atom. The van der Waals surface area contributed by atoms with E-state index in [2.05, 4.69) is 15.1 Å². The third-order valence-electron chi connectivity index (χ3n) is 4.29. The number of H-pyrrole nitrogens is 1. The summed E-state index contributed by atoms with van der Waals surface area (Å²) in [6.07, 6.45) is 1.32. The maximum atomic E-state index is 12.7. The van der Waals surface area contributed by atoms with Crippen LogP contribution in [0.5, 0.6) is 11.5 Å². The number of nitrogens with one attached hydrogen (secondary N) is 1. The molecule has 3 aromatic heterocycles. The summed E-state index contributed by atoms with van der Waals surface area (Å²) in [5.41, 5.74) is 0.767. The van der Waals surface area contributed by atoms with Crippen LogP contribution in [0, 0.1) is 0 Å². The first-order chi connectivity index (χ1) is 14.1. The van der Waals surface area contributed by atoms with Crippen LogP contribution >= 0.6 is 11.6 Å². The molecular formula is C20H11ClN4O4. The van der Waals surface area contributed by atoms with Crippen LogP contribution in [0.4, 0.5) is 0 Å². The first-order valence-electron chi connectivity index (χ1n) is 8.53. The minimum atomic E-state index is -0.587. The summed E-state index contributed by atoms with van der Waals surface area (Å²) in [6, 6.07) is 15.3. The summed E-state index contributed by atoms with van der Waals surface area (Å²) in [6.45, 7) is 0. The van der Waals surface area contributed by atoms with E-state index in [1.165, 1.54) is 18.3 Å². The second-order valence-electron chi connectivity index (χ2n) is 6.17. The van der Waals surface area contributed by atoms with E-state index in [1.54, 1.807) is 18.2 Å². The van der Waals surface area contributed by atoms with E-state index in [0.29, 0.717) is 16.8 Å². The highest BCUT2D eigenvalue weighted by molar-refractivity contribution is 6.31. The first-order valence-corrected chi connectivity index (χ1v) is 8.91. The summed E-state index contributed by atoms with van der Waals surface area (Å²) in [5, 5.41) is 4.68. The molecule has 0 saturated carbocycles. The number of rotatable bonds is 3. The first kappa shape index (κ1) is 17.2. The van der Waals surface area contributed by atoms with E-state index < -0.39 is 11.2 Å². The fourth-order valence-corrected chi connectivity index (χ4v) is 3.08. The third kappa shape index (κ3) is 3.05. The van der Waals surface area contributed by atoms with E-state index in [4.69, 9.17) is 20.8 Å². The predicted octanol–water partition coefficient (Wildman–Crippen LogP) is 3.66. The van der Waals surface area contributed by atoms with Crippen LogP contribution in [-0.2, 0) is 0 Å². The largest absolute Gasteiger partial charge is 0.454 e. The van der Waals surface area contributed by atoms with E-state index in [1.807, 2.05) is 24.3 Å². The SMILES string of the molecule is O=c1ccc2ccc(Oc3cnn(-c4nc5ccccc5[nH]4)c(=O)c3Cl)cc2o1. The molecule has 29 heavy (non-hydrogen) atoms. The molecule has 0 radical (unpaired) electrons. The Balaban J connectivity index is 1.53. The molecular weight excluding hydrogens is 396 g/mol. The molecule has 1 N–H and O–H groups in total. The van der Waals surface area contributed by atoms with Crippen LogP contribution in [0.1, 0.15) is 0 Å². The number of hydrogen-bond acceptors (Lipinski definition) is 6. The zero-order valence-corrected chi connectivity index (χ0v) is 15.4. The van der Waals surface area contributed by atoms with E-state index in [9.17, 15) is 9.59 Å². The summed E-state index contributed by atoms with van der Waals surface area (Å²) >= 11 is 6.23. The van der Waals surface area contributed by atoms with Crippen molar-refractivity contribution in [3.05, 3.63) is 86.6 Å². The molecule has 0 amide bonds. The Bertz CT molecular complexity index is 1470. The van der Waals surface area contributed by atoms with Gasteiger partial charge in [0.2, 0.25) is 5.95 Å². The Morgan fingerprint density at radius 3 is 2.76 bits per heavy atom. The Kier molecular flexibility index (Phi) is 3.92. The minimum absolute atomic E-state index is 0.0710. The van der Waals surface area contributed by atoms with Gasteiger partial charge >= 0.3 is 5.63 Å². The number of halogens is 1. The molecule has 5 rings (SSSR count). The van der Waals surface area contributed by atoms with Gasteiger partial charge in [-0.15, -0.1) is 0 Å². The number of benzene rings is 2. The lowest BCUT2D eigenvalue weighted by Crippen LogP contribution is -2.22. The predicted molar refractivity (Wildman–Crippen MR) is 107 cm³/mol. The monoisotopic (exact) mass is 406 g/mol. The van der Waals surface area contributed by atoms with Crippen molar-refractivity contribution in [1.82, 2.24) is 19.7 Å². The topological polar surface area (TPSA) is 103 Å². The quantitative estimate of drug-likeness (QED) is 0.458. The zero-order valence-electron chi connectivity index (χ0n) is 14.6. The zero-order chi connectivity index (χ0) is 20.0. The van der Waals surface area contributed by atoms with Crippen molar-refractivity contribution in [3.8, 4) is 17.4 Å². The van der Waals surface area contributed by atoms with Gasteiger partial charge in [-0.2, -0.15) is 9.78 Å². The number of nitrogens with zero attached hydrogens (tertiary/aromatic N) is 3. The van der Waals surface area contributed by atoms with E-state index in [0.717, 1.165) is 15.6 Å². The van der Waals surface area contributed by atoms with Crippen LogP contribution in [0.3, 0.4) is 0 Å². The molecule has 142 valence electrons. The number of aromatic nitrogens is 4. The highest BCUT2D eigenvalue weighted by Gasteiger charge is 2.15. The second kappa shape index (κ2) is 6.61. The van der Waals surface area contributed by atoms with Gasteiger partial charge in [0.25, 0.3) is 5.56 Å². The smallest absolute Gasteiger partial charge is 0.336 e. The van der Waals surface area contributed by atoms with Crippen LogP contribution in [0.2, 0.25) is 5.02 Å². The van der Waals surface area contributed by atoms with Gasteiger partial charge in [0.1, 0.15) is 11.3 Å². The standard InChI is InChI=1S/C20H11ClN4O4/c21-18-16(28-12-7-5-11-6-8-17(26)29-15(11)9-12)10-22-25(19(18)27)20-23-13-3-1-2-4-14(13)24-20/h1-10H,(H,23,24). The maximum Gasteiger partial charge on any atom is 0.336 e. The number of aromatic amines is 1. The van der Waals surface area contributed by atoms with Crippen molar-refractivity contribution in [3.63, 3.8) is 0 Å². The van der Waals surface area contributed by atoms with Gasteiger partial charge in [-0.1, -0.05) is 23.7 Å². The summed E-state index contributed by atoms with van der Waals surface area (Å²) in [7, 11) is 0. The van der Waals surface area contributed by atoms with Gasteiger partial charge in [-0.25, -0.2) is 9.78 Å². The maximum absolute atomic E-state index is 12.7.